The fourth-order valence-corrected chi connectivity index (χ4v) is 9.49. The van der Waals surface area contributed by atoms with Crippen LogP contribution < -0.4 is 4.72 Å². The molecule has 1 aromatic rings. The van der Waals surface area contributed by atoms with Crippen molar-refractivity contribution in [2.45, 2.75) is 64.2 Å². The highest BCUT2D eigenvalue weighted by Crippen LogP contribution is 2.64. The molecule has 2 atom stereocenters. The molecular formula is C22H32N2O5S2. The van der Waals surface area contributed by atoms with Gasteiger partial charge in [-0.25, -0.2) is 16.8 Å². The third-order valence-electron chi connectivity index (χ3n) is 7.97. The predicted molar refractivity (Wildman–Crippen MR) is 120 cm³/mol. The summed E-state index contributed by atoms with van der Waals surface area (Å²) < 4.78 is 56.5. The minimum atomic E-state index is -3.85. The van der Waals surface area contributed by atoms with Gasteiger partial charge in [0.05, 0.1) is 16.1 Å². The molecule has 2 bridgehead atoms. The van der Waals surface area contributed by atoms with Crippen LogP contribution in [0.25, 0.3) is 0 Å². The Morgan fingerprint density at radius 3 is 2.35 bits per heavy atom. The van der Waals surface area contributed by atoms with Gasteiger partial charge in [-0.1, -0.05) is 26.3 Å². The van der Waals surface area contributed by atoms with Gasteiger partial charge in [0.1, 0.15) is 5.78 Å². The van der Waals surface area contributed by atoms with E-state index in [1.54, 1.807) is 19.1 Å². The van der Waals surface area contributed by atoms with E-state index >= 15 is 0 Å². The van der Waals surface area contributed by atoms with Gasteiger partial charge in [0, 0.05) is 25.2 Å². The second-order valence-corrected chi connectivity index (χ2v) is 13.6. The van der Waals surface area contributed by atoms with Crippen LogP contribution in [0.15, 0.2) is 23.1 Å². The number of Topliss-reactive ketones (excluding diaryl/α,β-unsaturated/α-hetero) is 1. The molecule has 9 heteroatoms. The Labute approximate surface area is 185 Å². The van der Waals surface area contributed by atoms with Gasteiger partial charge < -0.3 is 0 Å². The van der Waals surface area contributed by atoms with Crippen LogP contribution in [-0.2, 0) is 24.8 Å². The van der Waals surface area contributed by atoms with Gasteiger partial charge in [-0.15, -0.1) is 0 Å². The van der Waals surface area contributed by atoms with Gasteiger partial charge in [0.2, 0.25) is 20.0 Å². The maximum atomic E-state index is 13.1. The third kappa shape index (κ3) is 3.72. The van der Waals surface area contributed by atoms with Crippen LogP contribution in [0.2, 0.25) is 0 Å². The van der Waals surface area contributed by atoms with E-state index in [2.05, 4.69) is 4.72 Å². The Kier molecular flexibility index (Phi) is 5.54. The summed E-state index contributed by atoms with van der Waals surface area (Å²) in [6.07, 6.45) is 4.59. The number of benzene rings is 1. The molecule has 31 heavy (non-hydrogen) atoms. The number of fused-ring (bicyclic) bond motifs is 2. The average molecular weight is 469 g/mol. The molecule has 0 radical (unpaired) electrons. The zero-order chi connectivity index (χ0) is 22.7. The van der Waals surface area contributed by atoms with E-state index in [1.165, 1.54) is 10.4 Å². The third-order valence-corrected chi connectivity index (χ3v) is 11.4. The topological polar surface area (TPSA) is 101 Å². The van der Waals surface area contributed by atoms with Crippen LogP contribution in [0.4, 0.5) is 5.69 Å². The van der Waals surface area contributed by atoms with Gasteiger partial charge >= 0.3 is 0 Å². The van der Waals surface area contributed by atoms with Gasteiger partial charge in [-0.05, 0) is 61.6 Å². The number of hydrogen-bond acceptors (Lipinski definition) is 5. The second kappa shape index (κ2) is 7.56. The first-order chi connectivity index (χ1) is 14.4. The fourth-order valence-electron chi connectivity index (χ4n) is 5.83. The van der Waals surface area contributed by atoms with Crippen molar-refractivity contribution in [1.82, 2.24) is 4.31 Å². The smallest absolute Gasteiger partial charge is 0.243 e. The molecule has 1 aliphatic heterocycles. The zero-order valence-electron chi connectivity index (χ0n) is 18.5. The van der Waals surface area contributed by atoms with Gasteiger partial charge in [-0.3, -0.25) is 9.52 Å². The first kappa shape index (κ1) is 22.7. The zero-order valence-corrected chi connectivity index (χ0v) is 20.1. The maximum absolute atomic E-state index is 13.1. The van der Waals surface area contributed by atoms with Crippen molar-refractivity contribution in [1.29, 1.82) is 0 Å². The minimum absolute atomic E-state index is 0.0383. The standard InChI is InChI=1S/C22H32N2O5S2/c1-16-7-8-18(14-19(16)31(28,29)24-11-5-4-6-12-24)23-30(26,27)15-22-10-9-17(13-20(22)25)21(22,2)3/h7-8,14,17,23H,4-6,9-13,15H2,1-3H3/t17-,22-/m0/s1. The highest BCUT2D eigenvalue weighted by atomic mass is 32.2. The number of carbonyl (C=O) groups is 1. The summed E-state index contributed by atoms with van der Waals surface area (Å²) in [4.78, 5) is 12.9. The summed E-state index contributed by atoms with van der Waals surface area (Å²) >= 11 is 0. The molecule has 2 aliphatic carbocycles. The summed E-state index contributed by atoms with van der Waals surface area (Å²) in [7, 11) is -7.53. The SMILES string of the molecule is Cc1ccc(NS(=O)(=O)C[C@@]23CC[C@@H](CC2=O)C3(C)C)cc1S(=O)(=O)N1CCCCC1. The Morgan fingerprint density at radius 1 is 1.10 bits per heavy atom. The summed E-state index contributed by atoms with van der Waals surface area (Å²) in [5, 5.41) is 0. The Balaban J connectivity index is 1.60. The molecule has 1 saturated heterocycles. The lowest BCUT2D eigenvalue weighted by atomic mass is 9.70. The number of anilines is 1. The Bertz CT molecular complexity index is 1100. The normalized spacial score (nSPS) is 28.7. The molecule has 0 amide bonds. The van der Waals surface area contributed by atoms with Crippen LogP contribution in [-0.4, -0.2) is 45.8 Å². The molecule has 0 spiro atoms. The number of nitrogens with zero attached hydrogens (tertiary/aromatic N) is 1. The van der Waals surface area contributed by atoms with Crippen molar-refractivity contribution in [3.05, 3.63) is 23.8 Å². The van der Waals surface area contributed by atoms with Crippen molar-refractivity contribution in [3.8, 4) is 0 Å². The quantitative estimate of drug-likeness (QED) is 0.690. The van der Waals surface area contributed by atoms with Gasteiger partial charge in [0.25, 0.3) is 0 Å². The highest BCUT2D eigenvalue weighted by Gasteiger charge is 2.65. The number of aryl methyl sites for hydroxylation is 1. The van der Waals surface area contributed by atoms with E-state index in [1.807, 2.05) is 13.8 Å². The monoisotopic (exact) mass is 468 g/mol. The van der Waals surface area contributed by atoms with Crippen molar-refractivity contribution in [2.24, 2.45) is 16.7 Å². The van der Waals surface area contributed by atoms with E-state index in [9.17, 15) is 21.6 Å². The van der Waals surface area contributed by atoms with Crippen molar-refractivity contribution in [2.75, 3.05) is 23.6 Å². The molecule has 1 heterocycles. The molecule has 0 aromatic heterocycles. The Morgan fingerprint density at radius 2 is 1.77 bits per heavy atom. The summed E-state index contributed by atoms with van der Waals surface area (Å²) in [6, 6.07) is 4.62. The molecule has 7 nitrogen and oxygen atoms in total. The number of hydrogen-bond donors (Lipinski definition) is 1. The largest absolute Gasteiger partial charge is 0.299 e. The van der Waals surface area contributed by atoms with Crippen LogP contribution >= 0.6 is 0 Å². The van der Waals surface area contributed by atoms with E-state index in [0.29, 0.717) is 31.5 Å². The number of piperidine rings is 1. The second-order valence-electron chi connectivity index (χ2n) is 9.97. The fraction of sp³-hybridized carbons (Fsp3) is 0.682. The molecule has 4 rings (SSSR count). The van der Waals surface area contributed by atoms with E-state index in [4.69, 9.17) is 0 Å². The predicted octanol–water partition coefficient (Wildman–Crippen LogP) is 3.31. The molecule has 1 N–H and O–H groups in total. The van der Waals surface area contributed by atoms with Crippen LogP contribution in [0.5, 0.6) is 0 Å². The van der Waals surface area contributed by atoms with Crippen LogP contribution in [0, 0.1) is 23.7 Å². The molecule has 0 unspecified atom stereocenters. The lowest BCUT2D eigenvalue weighted by Gasteiger charge is -2.36. The van der Waals surface area contributed by atoms with Crippen molar-refractivity contribution in [3.63, 3.8) is 0 Å². The molecule has 172 valence electrons. The first-order valence-corrected chi connectivity index (χ1v) is 14.1. The summed E-state index contributed by atoms with van der Waals surface area (Å²) in [6.45, 7) is 6.68. The molecule has 1 aromatic carbocycles. The van der Waals surface area contributed by atoms with Crippen LogP contribution in [0.1, 0.15) is 57.9 Å². The first-order valence-electron chi connectivity index (χ1n) is 11.0. The summed E-state index contributed by atoms with van der Waals surface area (Å²) in [5.41, 5.74) is -0.417. The van der Waals surface area contributed by atoms with E-state index in [0.717, 1.165) is 25.7 Å². The molecular weight excluding hydrogens is 436 g/mol. The van der Waals surface area contributed by atoms with E-state index in [-0.39, 0.29) is 33.5 Å². The minimum Gasteiger partial charge on any atom is -0.299 e. The maximum Gasteiger partial charge on any atom is 0.243 e. The lowest BCUT2D eigenvalue weighted by molar-refractivity contribution is -0.128. The number of nitrogens with one attached hydrogen (secondary N) is 1. The molecule has 3 fully saturated rings. The summed E-state index contributed by atoms with van der Waals surface area (Å²) in [5.74, 6) is 0.0111. The molecule has 3 aliphatic rings. The van der Waals surface area contributed by atoms with Gasteiger partial charge in [0.15, 0.2) is 0 Å². The Hall–Kier alpha value is -1.45. The van der Waals surface area contributed by atoms with E-state index < -0.39 is 25.5 Å². The number of rotatable bonds is 6. The number of carbonyl (C=O) groups excluding carboxylic acids is 1. The number of sulfonamides is 2. The van der Waals surface area contributed by atoms with Crippen LogP contribution in [0.3, 0.4) is 0 Å². The number of ketones is 1. The molecule has 2 saturated carbocycles. The lowest BCUT2D eigenvalue weighted by Crippen LogP contribution is -2.43. The highest BCUT2D eigenvalue weighted by molar-refractivity contribution is 7.92. The average Bonchev–Trinajstić information content (AvgIpc) is 3.03. The van der Waals surface area contributed by atoms with Gasteiger partial charge in [-0.2, -0.15) is 4.31 Å². The van der Waals surface area contributed by atoms with Crippen molar-refractivity contribution < 1.29 is 21.6 Å². The van der Waals surface area contributed by atoms with Crippen molar-refractivity contribution >= 4 is 31.5 Å².